The van der Waals surface area contributed by atoms with Crippen molar-refractivity contribution in [2.24, 2.45) is 5.92 Å². The van der Waals surface area contributed by atoms with Crippen LogP contribution < -0.4 is 5.32 Å². The van der Waals surface area contributed by atoms with Crippen LogP contribution in [0.25, 0.3) is 0 Å². The minimum atomic E-state index is 0.604. The lowest BCUT2D eigenvalue weighted by Crippen LogP contribution is -2.37. The first-order chi connectivity index (χ1) is 8.08. The molecule has 1 unspecified atom stereocenters. The Labute approximate surface area is 108 Å². The van der Waals surface area contributed by atoms with Crippen molar-refractivity contribution >= 4 is 0 Å². The SMILES string of the molecule is CC(CNC(C)C)CN(C)CCN1CCCC1. The quantitative estimate of drug-likeness (QED) is 0.697. The highest BCUT2D eigenvalue weighted by molar-refractivity contribution is 4.69. The molecule has 1 N–H and O–H groups in total. The highest BCUT2D eigenvalue weighted by atomic mass is 15.2. The summed E-state index contributed by atoms with van der Waals surface area (Å²) in [4.78, 5) is 5.07. The van der Waals surface area contributed by atoms with Crippen molar-refractivity contribution in [2.75, 3.05) is 46.3 Å². The minimum absolute atomic E-state index is 0.604. The predicted octanol–water partition coefficient (Wildman–Crippen LogP) is 1.65. The fourth-order valence-electron chi connectivity index (χ4n) is 2.44. The molecule has 3 nitrogen and oxygen atoms in total. The van der Waals surface area contributed by atoms with Gasteiger partial charge in [0.2, 0.25) is 0 Å². The molecule has 1 heterocycles. The first kappa shape index (κ1) is 14.9. The number of rotatable bonds is 8. The van der Waals surface area contributed by atoms with Crippen LogP contribution in [-0.4, -0.2) is 62.2 Å². The molecule has 0 aromatic heterocycles. The van der Waals surface area contributed by atoms with Gasteiger partial charge in [-0.1, -0.05) is 20.8 Å². The zero-order chi connectivity index (χ0) is 12.7. The van der Waals surface area contributed by atoms with Crippen molar-refractivity contribution in [3.05, 3.63) is 0 Å². The van der Waals surface area contributed by atoms with Crippen LogP contribution in [0.1, 0.15) is 33.6 Å². The Kier molecular flexibility index (Phi) is 7.09. The first-order valence-corrected chi connectivity index (χ1v) is 7.22. The van der Waals surface area contributed by atoms with E-state index in [2.05, 4.69) is 42.9 Å². The topological polar surface area (TPSA) is 18.5 Å². The maximum Gasteiger partial charge on any atom is 0.0109 e. The number of likely N-dealkylation sites (N-methyl/N-ethyl adjacent to an activating group) is 1. The summed E-state index contributed by atoms with van der Waals surface area (Å²) in [6.45, 7) is 14.2. The van der Waals surface area contributed by atoms with Crippen LogP contribution >= 0.6 is 0 Å². The van der Waals surface area contributed by atoms with E-state index < -0.39 is 0 Å². The van der Waals surface area contributed by atoms with E-state index >= 15 is 0 Å². The van der Waals surface area contributed by atoms with Crippen molar-refractivity contribution < 1.29 is 0 Å². The second-order valence-electron chi connectivity index (χ2n) is 5.98. The van der Waals surface area contributed by atoms with Gasteiger partial charge in [-0.2, -0.15) is 0 Å². The van der Waals surface area contributed by atoms with Gasteiger partial charge in [0.25, 0.3) is 0 Å². The Balaban J connectivity index is 2.04. The van der Waals surface area contributed by atoms with E-state index in [1.807, 2.05) is 0 Å². The Morgan fingerprint density at radius 3 is 2.41 bits per heavy atom. The van der Waals surface area contributed by atoms with Crippen LogP contribution in [0.2, 0.25) is 0 Å². The molecule has 102 valence electrons. The molecule has 0 aromatic rings. The average Bonchev–Trinajstić information content (AvgIpc) is 2.76. The van der Waals surface area contributed by atoms with Crippen LogP contribution in [0.4, 0.5) is 0 Å². The van der Waals surface area contributed by atoms with E-state index in [0.717, 1.165) is 12.5 Å². The molecule has 0 bridgehead atoms. The van der Waals surface area contributed by atoms with Gasteiger partial charge in [-0.3, -0.25) is 0 Å². The van der Waals surface area contributed by atoms with Crippen molar-refractivity contribution in [3.63, 3.8) is 0 Å². The van der Waals surface area contributed by atoms with Crippen LogP contribution in [0, 0.1) is 5.92 Å². The zero-order valence-corrected chi connectivity index (χ0v) is 12.2. The van der Waals surface area contributed by atoms with Crippen LogP contribution in [0.5, 0.6) is 0 Å². The Morgan fingerprint density at radius 2 is 1.82 bits per heavy atom. The molecule has 0 aromatic carbocycles. The van der Waals surface area contributed by atoms with E-state index in [9.17, 15) is 0 Å². The third-order valence-corrected chi connectivity index (χ3v) is 3.49. The maximum atomic E-state index is 3.51. The van der Waals surface area contributed by atoms with Crippen molar-refractivity contribution in [3.8, 4) is 0 Å². The Morgan fingerprint density at radius 1 is 1.18 bits per heavy atom. The van der Waals surface area contributed by atoms with Gasteiger partial charge < -0.3 is 15.1 Å². The number of hydrogen-bond acceptors (Lipinski definition) is 3. The van der Waals surface area contributed by atoms with Crippen molar-refractivity contribution in [1.82, 2.24) is 15.1 Å². The van der Waals surface area contributed by atoms with Gasteiger partial charge in [0.15, 0.2) is 0 Å². The number of hydrogen-bond donors (Lipinski definition) is 1. The minimum Gasteiger partial charge on any atom is -0.314 e. The first-order valence-electron chi connectivity index (χ1n) is 7.22. The fraction of sp³-hybridized carbons (Fsp3) is 1.00. The second-order valence-corrected chi connectivity index (χ2v) is 5.98. The summed E-state index contributed by atoms with van der Waals surface area (Å²) in [6, 6.07) is 0.604. The number of nitrogens with one attached hydrogen (secondary N) is 1. The van der Waals surface area contributed by atoms with Gasteiger partial charge >= 0.3 is 0 Å². The normalized spacial score (nSPS) is 19.4. The van der Waals surface area contributed by atoms with Crippen LogP contribution in [-0.2, 0) is 0 Å². The summed E-state index contributed by atoms with van der Waals surface area (Å²) < 4.78 is 0. The van der Waals surface area contributed by atoms with Gasteiger partial charge in [-0.15, -0.1) is 0 Å². The van der Waals surface area contributed by atoms with Crippen LogP contribution in [0.3, 0.4) is 0 Å². The van der Waals surface area contributed by atoms with Gasteiger partial charge in [0, 0.05) is 25.7 Å². The van der Waals surface area contributed by atoms with Crippen molar-refractivity contribution in [2.45, 2.75) is 39.7 Å². The van der Waals surface area contributed by atoms with E-state index in [-0.39, 0.29) is 0 Å². The molecule has 0 radical (unpaired) electrons. The standard InChI is InChI=1S/C14H31N3/c1-13(2)15-11-14(3)12-16(4)9-10-17-7-5-6-8-17/h13-15H,5-12H2,1-4H3. The summed E-state index contributed by atoms with van der Waals surface area (Å²) in [6.07, 6.45) is 2.80. The molecule has 1 saturated heterocycles. The largest absolute Gasteiger partial charge is 0.314 e. The molecule has 1 aliphatic rings. The highest BCUT2D eigenvalue weighted by Gasteiger charge is 2.12. The molecule has 17 heavy (non-hydrogen) atoms. The summed E-state index contributed by atoms with van der Waals surface area (Å²) in [5, 5.41) is 3.51. The molecule has 0 aliphatic carbocycles. The lowest BCUT2D eigenvalue weighted by molar-refractivity contribution is 0.232. The Bertz CT molecular complexity index is 188. The average molecular weight is 241 g/mol. The number of likely N-dealkylation sites (tertiary alicyclic amines) is 1. The van der Waals surface area contributed by atoms with E-state index in [1.165, 1.54) is 45.6 Å². The zero-order valence-electron chi connectivity index (χ0n) is 12.2. The number of nitrogens with zero attached hydrogens (tertiary/aromatic N) is 2. The van der Waals surface area contributed by atoms with Gasteiger partial charge in [-0.05, 0) is 45.4 Å². The van der Waals surface area contributed by atoms with Crippen molar-refractivity contribution in [1.29, 1.82) is 0 Å². The monoisotopic (exact) mass is 241 g/mol. The highest BCUT2D eigenvalue weighted by Crippen LogP contribution is 2.06. The molecule has 0 saturated carbocycles. The Hall–Kier alpha value is -0.120. The molecule has 1 rings (SSSR count). The lowest BCUT2D eigenvalue weighted by atomic mass is 10.1. The molecule has 0 spiro atoms. The molecule has 1 aliphatic heterocycles. The third kappa shape index (κ3) is 7.02. The molecule has 1 atom stereocenters. The molecule has 1 fully saturated rings. The van der Waals surface area contributed by atoms with Crippen LogP contribution in [0.15, 0.2) is 0 Å². The molecular formula is C14H31N3. The second kappa shape index (κ2) is 8.06. The lowest BCUT2D eigenvalue weighted by Gasteiger charge is -2.24. The van der Waals surface area contributed by atoms with Gasteiger partial charge in [0.1, 0.15) is 0 Å². The van der Waals surface area contributed by atoms with E-state index in [4.69, 9.17) is 0 Å². The molecule has 3 heteroatoms. The molecule has 0 amide bonds. The smallest absolute Gasteiger partial charge is 0.0109 e. The van der Waals surface area contributed by atoms with Gasteiger partial charge in [-0.25, -0.2) is 0 Å². The predicted molar refractivity (Wildman–Crippen MR) is 75.5 cm³/mol. The fourth-order valence-corrected chi connectivity index (χ4v) is 2.44. The molecular weight excluding hydrogens is 210 g/mol. The summed E-state index contributed by atoms with van der Waals surface area (Å²) >= 11 is 0. The van der Waals surface area contributed by atoms with E-state index in [1.54, 1.807) is 0 Å². The summed E-state index contributed by atoms with van der Waals surface area (Å²) in [5.41, 5.74) is 0. The summed E-state index contributed by atoms with van der Waals surface area (Å²) in [5.74, 6) is 0.737. The third-order valence-electron chi connectivity index (χ3n) is 3.49. The maximum absolute atomic E-state index is 3.51. The summed E-state index contributed by atoms with van der Waals surface area (Å²) in [7, 11) is 2.25. The van der Waals surface area contributed by atoms with E-state index in [0.29, 0.717) is 6.04 Å². The van der Waals surface area contributed by atoms with Gasteiger partial charge in [0.05, 0.1) is 0 Å².